The van der Waals surface area contributed by atoms with Gasteiger partial charge >= 0.3 is 0 Å². The van der Waals surface area contributed by atoms with Gasteiger partial charge in [0.15, 0.2) is 0 Å². The molecule has 0 aliphatic carbocycles. The molecule has 4 heteroatoms. The van der Waals surface area contributed by atoms with Gasteiger partial charge in [-0.05, 0) is 36.8 Å². The van der Waals surface area contributed by atoms with E-state index in [1.165, 1.54) is 0 Å². The highest BCUT2D eigenvalue weighted by molar-refractivity contribution is 9.08. The normalized spacial score (nSPS) is 11.9. The van der Waals surface area contributed by atoms with Crippen LogP contribution in [0.15, 0.2) is 48.7 Å². The van der Waals surface area contributed by atoms with Gasteiger partial charge in [0.2, 0.25) is 0 Å². The molecule has 0 radical (unpaired) electrons. The fraction of sp³-hybridized carbons (Fsp3) is 0.200. The maximum atomic E-state index is 12.1. The number of hydrogen-bond acceptors (Lipinski definition) is 2. The van der Waals surface area contributed by atoms with Gasteiger partial charge in [0.05, 0.1) is 11.7 Å². The highest BCUT2D eigenvalue weighted by Crippen LogP contribution is 2.11. The summed E-state index contributed by atoms with van der Waals surface area (Å²) in [5.74, 6) is -0.0840. The molecule has 0 spiro atoms. The van der Waals surface area contributed by atoms with E-state index >= 15 is 0 Å². The van der Waals surface area contributed by atoms with Crippen LogP contribution in [0.5, 0.6) is 0 Å². The van der Waals surface area contributed by atoms with Crippen molar-refractivity contribution in [3.8, 4) is 0 Å². The Labute approximate surface area is 121 Å². The minimum absolute atomic E-state index is 0.0840. The smallest absolute Gasteiger partial charge is 0.251 e. The van der Waals surface area contributed by atoms with E-state index in [-0.39, 0.29) is 11.9 Å². The minimum Gasteiger partial charge on any atom is -0.344 e. The fourth-order valence-electron chi connectivity index (χ4n) is 1.73. The van der Waals surface area contributed by atoms with E-state index in [0.717, 1.165) is 16.6 Å². The molecular formula is C15H15BrN2O. The van der Waals surface area contributed by atoms with Gasteiger partial charge in [-0.2, -0.15) is 0 Å². The fourth-order valence-corrected chi connectivity index (χ4v) is 2.11. The van der Waals surface area contributed by atoms with E-state index in [0.29, 0.717) is 5.56 Å². The van der Waals surface area contributed by atoms with E-state index in [1.54, 1.807) is 6.20 Å². The molecule has 0 saturated carbocycles. The second kappa shape index (κ2) is 6.48. The quantitative estimate of drug-likeness (QED) is 0.877. The van der Waals surface area contributed by atoms with E-state index in [2.05, 4.69) is 26.2 Å². The number of rotatable bonds is 4. The number of carbonyl (C=O) groups is 1. The van der Waals surface area contributed by atoms with Crippen molar-refractivity contribution in [3.63, 3.8) is 0 Å². The zero-order valence-corrected chi connectivity index (χ0v) is 12.2. The summed E-state index contributed by atoms with van der Waals surface area (Å²) in [5.41, 5.74) is 2.66. The third kappa shape index (κ3) is 3.64. The van der Waals surface area contributed by atoms with Crippen LogP contribution in [0.3, 0.4) is 0 Å². The Balaban J connectivity index is 2.04. The number of amides is 1. The third-order valence-electron chi connectivity index (χ3n) is 2.85. The first-order chi connectivity index (χ1) is 9.20. The first-order valence-electron chi connectivity index (χ1n) is 6.07. The molecule has 0 bridgehead atoms. The van der Waals surface area contributed by atoms with Crippen molar-refractivity contribution < 1.29 is 4.79 Å². The summed E-state index contributed by atoms with van der Waals surface area (Å²) >= 11 is 3.38. The van der Waals surface area contributed by atoms with Gasteiger partial charge in [0.25, 0.3) is 5.91 Å². The maximum absolute atomic E-state index is 12.1. The topological polar surface area (TPSA) is 42.0 Å². The van der Waals surface area contributed by atoms with Crippen LogP contribution in [0, 0.1) is 0 Å². The number of nitrogens with one attached hydrogen (secondary N) is 1. The lowest BCUT2D eigenvalue weighted by molar-refractivity contribution is 0.0939. The number of carbonyl (C=O) groups excluding carboxylic acids is 1. The number of halogens is 1. The molecule has 1 amide bonds. The van der Waals surface area contributed by atoms with Gasteiger partial charge in [0, 0.05) is 17.1 Å². The number of nitrogens with zero attached hydrogens (tertiary/aromatic N) is 1. The molecule has 0 aliphatic rings. The highest BCUT2D eigenvalue weighted by Gasteiger charge is 2.11. The number of alkyl halides is 1. The summed E-state index contributed by atoms with van der Waals surface area (Å²) in [6, 6.07) is 13.1. The van der Waals surface area contributed by atoms with Gasteiger partial charge in [0.1, 0.15) is 0 Å². The van der Waals surface area contributed by atoms with Crippen LogP contribution in [0.4, 0.5) is 0 Å². The van der Waals surface area contributed by atoms with Crippen LogP contribution in [0.1, 0.15) is 34.6 Å². The van der Waals surface area contributed by atoms with Crippen molar-refractivity contribution >= 4 is 21.8 Å². The van der Waals surface area contributed by atoms with Crippen LogP contribution >= 0.6 is 15.9 Å². The summed E-state index contributed by atoms with van der Waals surface area (Å²) in [6.45, 7) is 1.92. The second-order valence-electron chi connectivity index (χ2n) is 4.28. The first kappa shape index (κ1) is 13.7. The van der Waals surface area contributed by atoms with Gasteiger partial charge < -0.3 is 5.32 Å². The molecule has 2 rings (SSSR count). The molecule has 1 aromatic heterocycles. The predicted octanol–water partition coefficient (Wildman–Crippen LogP) is 3.47. The Morgan fingerprint density at radius 1 is 1.26 bits per heavy atom. The molecule has 1 heterocycles. The average Bonchev–Trinajstić information content (AvgIpc) is 2.48. The summed E-state index contributed by atoms with van der Waals surface area (Å²) in [5, 5.41) is 3.73. The van der Waals surface area contributed by atoms with Gasteiger partial charge in [-0.1, -0.05) is 34.1 Å². The number of hydrogen-bond donors (Lipinski definition) is 1. The van der Waals surface area contributed by atoms with Crippen molar-refractivity contribution in [1.29, 1.82) is 0 Å². The highest BCUT2D eigenvalue weighted by atomic mass is 79.9. The van der Waals surface area contributed by atoms with Gasteiger partial charge in [-0.25, -0.2) is 0 Å². The zero-order chi connectivity index (χ0) is 13.7. The van der Waals surface area contributed by atoms with Gasteiger partial charge in [-0.3, -0.25) is 9.78 Å². The van der Waals surface area contributed by atoms with Crippen molar-refractivity contribution in [2.45, 2.75) is 18.3 Å². The van der Waals surface area contributed by atoms with Crippen LogP contribution in [-0.2, 0) is 5.33 Å². The van der Waals surface area contributed by atoms with Crippen molar-refractivity contribution in [1.82, 2.24) is 10.3 Å². The number of pyridine rings is 1. The molecule has 0 aliphatic heterocycles. The summed E-state index contributed by atoms with van der Waals surface area (Å²) in [7, 11) is 0. The molecule has 1 N–H and O–H groups in total. The zero-order valence-electron chi connectivity index (χ0n) is 10.6. The summed E-state index contributed by atoms with van der Waals surface area (Å²) < 4.78 is 0. The molecule has 1 aromatic carbocycles. The SMILES string of the molecule is C[C@@H](NC(=O)c1ccc(CBr)cc1)c1ccccn1. The van der Waals surface area contributed by atoms with E-state index in [4.69, 9.17) is 0 Å². The Morgan fingerprint density at radius 3 is 2.58 bits per heavy atom. The van der Waals surface area contributed by atoms with Crippen LogP contribution < -0.4 is 5.32 Å². The van der Waals surface area contributed by atoms with E-state index < -0.39 is 0 Å². The lowest BCUT2D eigenvalue weighted by atomic mass is 10.1. The first-order valence-corrected chi connectivity index (χ1v) is 7.19. The Morgan fingerprint density at radius 2 is 2.00 bits per heavy atom. The van der Waals surface area contributed by atoms with Crippen LogP contribution in [0.25, 0.3) is 0 Å². The summed E-state index contributed by atoms with van der Waals surface area (Å²) in [6.07, 6.45) is 1.72. The monoisotopic (exact) mass is 318 g/mol. The largest absolute Gasteiger partial charge is 0.344 e. The standard InChI is InChI=1S/C15H15BrN2O/c1-11(14-4-2-3-9-17-14)18-15(19)13-7-5-12(10-16)6-8-13/h2-9,11H,10H2,1H3,(H,18,19)/t11-/m1/s1. The Bertz CT molecular complexity index is 540. The van der Waals surface area contributed by atoms with Crippen LogP contribution in [0.2, 0.25) is 0 Å². The predicted molar refractivity (Wildman–Crippen MR) is 79.2 cm³/mol. The summed E-state index contributed by atoms with van der Waals surface area (Å²) in [4.78, 5) is 16.3. The number of aromatic nitrogens is 1. The third-order valence-corrected chi connectivity index (χ3v) is 3.50. The van der Waals surface area contributed by atoms with E-state index in [9.17, 15) is 4.79 Å². The van der Waals surface area contributed by atoms with Crippen molar-refractivity contribution in [2.24, 2.45) is 0 Å². The second-order valence-corrected chi connectivity index (χ2v) is 4.84. The average molecular weight is 319 g/mol. The molecule has 1 atom stereocenters. The maximum Gasteiger partial charge on any atom is 0.251 e. The van der Waals surface area contributed by atoms with Crippen molar-refractivity contribution in [2.75, 3.05) is 0 Å². The molecular weight excluding hydrogens is 304 g/mol. The van der Waals surface area contributed by atoms with E-state index in [1.807, 2.05) is 49.4 Å². The Kier molecular flexibility index (Phi) is 4.68. The Hall–Kier alpha value is -1.68. The molecule has 0 unspecified atom stereocenters. The van der Waals surface area contributed by atoms with Crippen LogP contribution in [-0.4, -0.2) is 10.9 Å². The van der Waals surface area contributed by atoms with Gasteiger partial charge in [-0.15, -0.1) is 0 Å². The number of benzene rings is 1. The lowest BCUT2D eigenvalue weighted by Crippen LogP contribution is -2.27. The molecule has 0 fully saturated rings. The molecule has 2 aromatic rings. The molecule has 3 nitrogen and oxygen atoms in total. The van der Waals surface area contributed by atoms with Crippen molar-refractivity contribution in [3.05, 3.63) is 65.5 Å². The molecule has 19 heavy (non-hydrogen) atoms. The molecule has 98 valence electrons. The molecule has 0 saturated heterocycles. The minimum atomic E-state index is -0.107. The lowest BCUT2D eigenvalue weighted by Gasteiger charge is -2.13.